The molecule has 0 spiro atoms. The lowest BCUT2D eigenvalue weighted by molar-refractivity contribution is -0.151. The average Bonchev–Trinajstić information content (AvgIpc) is 3.20. The average molecular weight is 800 g/mol. The Balaban J connectivity index is 4.53. The fraction of sp³-hybridized carbons (Fsp3) is 0.804. The topological polar surface area (TPSA) is 95.9 Å². The summed E-state index contributed by atoms with van der Waals surface area (Å²) in [6, 6.07) is -0.719. The van der Waals surface area contributed by atoms with Gasteiger partial charge in [-0.25, -0.2) is 0 Å². The number of nitrogens with one attached hydrogen (secondary N) is 1. The molecule has 3 atom stereocenters. The van der Waals surface area contributed by atoms with Crippen LogP contribution in [0, 0.1) is 0 Å². The van der Waals surface area contributed by atoms with E-state index in [0.717, 1.165) is 57.8 Å². The number of ether oxygens (including phenoxy) is 1. The third kappa shape index (κ3) is 40.4. The van der Waals surface area contributed by atoms with Crippen molar-refractivity contribution in [1.29, 1.82) is 0 Å². The molecule has 6 nitrogen and oxygen atoms in total. The molecule has 0 fully saturated rings. The van der Waals surface area contributed by atoms with E-state index >= 15 is 0 Å². The molecule has 0 bridgehead atoms. The Hall–Kier alpha value is -2.18. The van der Waals surface area contributed by atoms with Crippen LogP contribution in [0.5, 0.6) is 0 Å². The Morgan fingerprint density at radius 1 is 0.526 bits per heavy atom. The van der Waals surface area contributed by atoms with Crippen LogP contribution < -0.4 is 5.32 Å². The Labute approximate surface area is 353 Å². The second-order valence-corrected chi connectivity index (χ2v) is 16.6. The molecule has 0 aromatic carbocycles. The number of aliphatic hydroxyl groups excluding tert-OH is 2. The number of hydrogen-bond donors (Lipinski definition) is 3. The van der Waals surface area contributed by atoms with E-state index in [2.05, 4.69) is 38.2 Å². The van der Waals surface area contributed by atoms with E-state index in [1.54, 1.807) is 0 Å². The molecular weight excluding hydrogens is 707 g/mol. The number of esters is 1. The molecular formula is C51H93NO5. The minimum absolute atomic E-state index is 0.0335. The van der Waals surface area contributed by atoms with E-state index in [1.165, 1.54) is 135 Å². The predicted molar refractivity (Wildman–Crippen MR) is 245 cm³/mol. The van der Waals surface area contributed by atoms with Gasteiger partial charge >= 0.3 is 5.97 Å². The summed E-state index contributed by atoms with van der Waals surface area (Å²) >= 11 is 0. The summed E-state index contributed by atoms with van der Waals surface area (Å²) in [6.07, 6.45) is 53.3. The molecule has 332 valence electrons. The first-order valence-electron chi connectivity index (χ1n) is 24.4. The smallest absolute Gasteiger partial charge is 0.306 e. The van der Waals surface area contributed by atoms with Crippen molar-refractivity contribution in [2.75, 3.05) is 6.61 Å². The van der Waals surface area contributed by atoms with Crippen molar-refractivity contribution in [3.63, 3.8) is 0 Å². The zero-order valence-electron chi connectivity index (χ0n) is 37.7. The molecule has 0 aliphatic heterocycles. The largest absolute Gasteiger partial charge is 0.462 e. The second kappa shape index (κ2) is 44.9. The molecule has 57 heavy (non-hydrogen) atoms. The van der Waals surface area contributed by atoms with Crippen molar-refractivity contribution in [2.24, 2.45) is 0 Å². The van der Waals surface area contributed by atoms with Crippen LogP contribution in [-0.2, 0) is 14.3 Å². The van der Waals surface area contributed by atoms with Crippen molar-refractivity contribution < 1.29 is 24.5 Å². The molecule has 6 heteroatoms. The number of unbranched alkanes of at least 4 members (excludes halogenated alkanes) is 26. The van der Waals surface area contributed by atoms with Crippen molar-refractivity contribution in [3.8, 4) is 0 Å². The predicted octanol–water partition coefficient (Wildman–Crippen LogP) is 14.3. The zero-order valence-corrected chi connectivity index (χ0v) is 37.7. The van der Waals surface area contributed by atoms with Gasteiger partial charge in [-0.15, -0.1) is 0 Å². The van der Waals surface area contributed by atoms with Crippen LogP contribution in [-0.4, -0.2) is 46.9 Å². The molecule has 0 heterocycles. The number of allylic oxidation sites excluding steroid dienone is 8. The normalized spacial score (nSPS) is 13.7. The molecule has 3 N–H and O–H groups in total. The monoisotopic (exact) mass is 800 g/mol. The lowest BCUT2D eigenvalue weighted by atomic mass is 10.0. The summed E-state index contributed by atoms with van der Waals surface area (Å²) < 4.78 is 5.88. The summed E-state index contributed by atoms with van der Waals surface area (Å²) in [7, 11) is 0. The molecule has 3 unspecified atom stereocenters. The summed E-state index contributed by atoms with van der Waals surface area (Å²) in [4.78, 5) is 26.0. The molecule has 0 radical (unpaired) electrons. The van der Waals surface area contributed by atoms with Crippen LogP contribution in [0.2, 0.25) is 0 Å². The lowest BCUT2D eigenvalue weighted by Crippen LogP contribution is -2.46. The van der Waals surface area contributed by atoms with E-state index in [0.29, 0.717) is 19.3 Å². The highest BCUT2D eigenvalue weighted by atomic mass is 16.5. The van der Waals surface area contributed by atoms with Gasteiger partial charge in [-0.1, -0.05) is 236 Å². The summed E-state index contributed by atoms with van der Waals surface area (Å²) in [6.45, 7) is 6.30. The van der Waals surface area contributed by atoms with Gasteiger partial charge in [0.25, 0.3) is 0 Å². The van der Waals surface area contributed by atoms with Crippen LogP contribution in [0.1, 0.15) is 239 Å². The minimum atomic E-state index is -0.801. The van der Waals surface area contributed by atoms with Crippen LogP contribution in [0.25, 0.3) is 0 Å². The van der Waals surface area contributed by atoms with E-state index in [9.17, 15) is 19.8 Å². The van der Waals surface area contributed by atoms with E-state index < -0.39 is 18.2 Å². The highest BCUT2D eigenvalue weighted by Gasteiger charge is 2.24. The Morgan fingerprint density at radius 3 is 1.40 bits per heavy atom. The highest BCUT2D eigenvalue weighted by Crippen LogP contribution is 2.17. The molecule has 0 aliphatic carbocycles. The van der Waals surface area contributed by atoms with Crippen LogP contribution >= 0.6 is 0 Å². The van der Waals surface area contributed by atoms with Gasteiger partial charge in [0, 0.05) is 6.42 Å². The van der Waals surface area contributed by atoms with Crippen molar-refractivity contribution in [2.45, 2.75) is 257 Å². The number of aliphatic hydroxyl groups is 2. The van der Waals surface area contributed by atoms with E-state index in [4.69, 9.17) is 4.74 Å². The van der Waals surface area contributed by atoms with Gasteiger partial charge in [0.2, 0.25) is 5.91 Å². The fourth-order valence-corrected chi connectivity index (χ4v) is 7.33. The van der Waals surface area contributed by atoms with Gasteiger partial charge in [0.1, 0.15) is 6.10 Å². The second-order valence-electron chi connectivity index (χ2n) is 16.6. The standard InChI is InChI=1S/C51H93NO5/c1-4-7-10-13-16-19-21-22-23-24-25-26-27-29-32-35-38-41-44-51(56)57-47(42-39-36-33-31-28-20-17-14-11-8-5-2)45-50(55)52-48(46-53)49(54)43-40-37-34-30-18-15-12-9-6-3/h8,11,14,17,20,28,31,33,47-49,53-54H,4-7,9-10,12-13,15-16,18-19,21-27,29-30,32,34-46H2,1-3H3,(H,52,55)/b11-8+,17-14+,28-20-,33-31-. The van der Waals surface area contributed by atoms with Crippen molar-refractivity contribution in [1.82, 2.24) is 5.32 Å². The first kappa shape index (κ1) is 54.8. The van der Waals surface area contributed by atoms with E-state index in [1.807, 2.05) is 36.5 Å². The number of carbonyl (C=O) groups excluding carboxylic acids is 2. The molecule has 0 aromatic rings. The van der Waals surface area contributed by atoms with Gasteiger partial charge < -0.3 is 20.3 Å². The maximum Gasteiger partial charge on any atom is 0.306 e. The number of carbonyl (C=O) groups is 2. The summed E-state index contributed by atoms with van der Waals surface area (Å²) in [5.41, 5.74) is 0. The van der Waals surface area contributed by atoms with Gasteiger partial charge in [-0.3, -0.25) is 9.59 Å². The van der Waals surface area contributed by atoms with Gasteiger partial charge in [0.15, 0.2) is 0 Å². The molecule has 0 aliphatic rings. The maximum atomic E-state index is 13.1. The van der Waals surface area contributed by atoms with Gasteiger partial charge in [-0.2, -0.15) is 0 Å². The zero-order chi connectivity index (χ0) is 41.7. The lowest BCUT2D eigenvalue weighted by Gasteiger charge is -2.24. The maximum absolute atomic E-state index is 13.1. The third-order valence-electron chi connectivity index (χ3n) is 11.0. The van der Waals surface area contributed by atoms with Crippen LogP contribution in [0.15, 0.2) is 48.6 Å². The van der Waals surface area contributed by atoms with Crippen LogP contribution in [0.3, 0.4) is 0 Å². The molecule has 0 saturated heterocycles. The number of amides is 1. The fourth-order valence-electron chi connectivity index (χ4n) is 7.33. The molecule has 0 aromatic heterocycles. The summed E-state index contributed by atoms with van der Waals surface area (Å²) in [5, 5.41) is 23.6. The molecule has 0 saturated carbocycles. The number of hydrogen-bond acceptors (Lipinski definition) is 5. The quantitative estimate of drug-likeness (QED) is 0.0324. The van der Waals surface area contributed by atoms with Crippen molar-refractivity contribution in [3.05, 3.63) is 48.6 Å². The minimum Gasteiger partial charge on any atom is -0.462 e. The third-order valence-corrected chi connectivity index (χ3v) is 11.0. The highest BCUT2D eigenvalue weighted by molar-refractivity contribution is 5.77. The summed E-state index contributed by atoms with van der Waals surface area (Å²) in [5.74, 6) is -0.538. The van der Waals surface area contributed by atoms with Gasteiger partial charge in [-0.05, 0) is 38.5 Å². The van der Waals surface area contributed by atoms with Gasteiger partial charge in [0.05, 0.1) is 25.2 Å². The van der Waals surface area contributed by atoms with Crippen LogP contribution in [0.4, 0.5) is 0 Å². The Kier molecular flexibility index (Phi) is 43.2. The van der Waals surface area contributed by atoms with Crippen molar-refractivity contribution >= 4 is 11.9 Å². The molecule has 0 rings (SSSR count). The van der Waals surface area contributed by atoms with E-state index in [-0.39, 0.29) is 24.9 Å². The SMILES string of the molecule is CC/C=C/C=C/C=C\C=C/CCCC(CC(=O)NC(CO)C(O)CCCCCCCCCCC)OC(=O)CCCCCCCCCCCCCCCCCCCC. The Morgan fingerprint density at radius 2 is 0.947 bits per heavy atom. The number of rotatable bonds is 43. The first-order valence-corrected chi connectivity index (χ1v) is 24.4. The molecule has 1 amide bonds. The first-order chi connectivity index (χ1) is 28.0. The Bertz CT molecular complexity index is 988.